The van der Waals surface area contributed by atoms with Crippen molar-refractivity contribution in [2.24, 2.45) is 0 Å². The normalized spacial score (nSPS) is 13.8. The second-order valence-electron chi connectivity index (χ2n) is 11.3. The molecule has 0 N–H and O–H groups in total. The summed E-state index contributed by atoms with van der Waals surface area (Å²) in [5.41, 5.74) is 1.28. The highest BCUT2D eigenvalue weighted by molar-refractivity contribution is 8.02. The maximum atomic E-state index is 12.9. The molecule has 0 spiro atoms. The number of carbonyl (C=O) groups excluding carboxylic acids is 3. The number of hydrogen-bond donors (Lipinski definition) is 0. The molecule has 0 aromatic heterocycles. The highest BCUT2D eigenvalue weighted by Gasteiger charge is 2.33. The third-order valence-corrected chi connectivity index (χ3v) is 8.71. The van der Waals surface area contributed by atoms with Gasteiger partial charge in [0.1, 0.15) is 0 Å². The molecule has 0 aliphatic heterocycles. The Morgan fingerprint density at radius 2 is 1.12 bits per heavy atom. The molecule has 0 fully saturated rings. The van der Waals surface area contributed by atoms with Crippen LogP contribution in [-0.4, -0.2) is 29.9 Å². The molecular weight excluding hydrogens is 516 g/mol. The van der Waals surface area contributed by atoms with Crippen LogP contribution < -0.4 is 0 Å². The third kappa shape index (κ3) is 13.2. The number of ether oxygens (including phenoxy) is 1. The second-order valence-corrected chi connectivity index (χ2v) is 12.3. The Hall–Kier alpha value is -1.88. The van der Waals surface area contributed by atoms with Gasteiger partial charge < -0.3 is 4.74 Å². The molecule has 1 aliphatic rings. The van der Waals surface area contributed by atoms with Crippen LogP contribution in [-0.2, 0) is 4.74 Å². The highest BCUT2D eigenvalue weighted by atomic mass is 32.2. The van der Waals surface area contributed by atoms with Crippen LogP contribution in [0.3, 0.4) is 0 Å². The molecular formula is C35H54O4S. The summed E-state index contributed by atoms with van der Waals surface area (Å²) in [7, 11) is 0. The molecule has 0 bridgehead atoms. The number of thioether (sulfide) groups is 1. The lowest BCUT2D eigenvalue weighted by atomic mass is 10.1. The van der Waals surface area contributed by atoms with Gasteiger partial charge in [-0.3, -0.25) is 9.59 Å². The first-order valence-corrected chi connectivity index (χ1v) is 17.4. The van der Waals surface area contributed by atoms with Crippen molar-refractivity contribution in [3.8, 4) is 0 Å². The lowest BCUT2D eigenvalue weighted by molar-refractivity contribution is 0.0497. The van der Waals surface area contributed by atoms with Crippen LogP contribution in [0.2, 0.25) is 0 Å². The van der Waals surface area contributed by atoms with Crippen molar-refractivity contribution in [3.05, 3.63) is 45.9 Å². The van der Waals surface area contributed by atoms with E-state index in [1.165, 1.54) is 115 Å². The zero-order valence-electron chi connectivity index (χ0n) is 25.4. The van der Waals surface area contributed by atoms with Crippen LogP contribution >= 0.6 is 11.8 Å². The van der Waals surface area contributed by atoms with E-state index >= 15 is 0 Å². The van der Waals surface area contributed by atoms with Gasteiger partial charge in [-0.25, -0.2) is 4.79 Å². The molecule has 1 aliphatic carbocycles. The first kappa shape index (κ1) is 34.3. The zero-order chi connectivity index (χ0) is 28.8. The summed E-state index contributed by atoms with van der Waals surface area (Å²) in [6.45, 7) is 4.88. The zero-order valence-corrected chi connectivity index (χ0v) is 26.2. The molecule has 0 heterocycles. The lowest BCUT2D eigenvalue weighted by Crippen LogP contribution is -2.08. The average molecular weight is 571 g/mol. The Labute approximate surface area is 248 Å². The van der Waals surface area contributed by atoms with Crippen molar-refractivity contribution in [1.29, 1.82) is 0 Å². The summed E-state index contributed by atoms with van der Waals surface area (Å²) in [5.74, 6) is -0.0273. The highest BCUT2D eigenvalue weighted by Crippen LogP contribution is 2.29. The number of esters is 1. The van der Waals surface area contributed by atoms with Gasteiger partial charge in [-0.15, -0.1) is 11.8 Å². The maximum absolute atomic E-state index is 12.9. The van der Waals surface area contributed by atoms with Crippen LogP contribution in [0, 0.1) is 0 Å². The van der Waals surface area contributed by atoms with Crippen LogP contribution in [0.4, 0.5) is 0 Å². The Bertz CT molecular complexity index is 920. The summed E-state index contributed by atoms with van der Waals surface area (Å²) >= 11 is 1.55. The Balaban J connectivity index is 1.63. The Kier molecular flexibility index (Phi) is 18.7. The number of allylic oxidation sites excluding steroid dienone is 1. The van der Waals surface area contributed by atoms with Crippen molar-refractivity contribution < 1.29 is 19.1 Å². The van der Waals surface area contributed by atoms with E-state index in [9.17, 15) is 14.4 Å². The summed E-state index contributed by atoms with van der Waals surface area (Å²) in [6.07, 6.45) is 25.2. The van der Waals surface area contributed by atoms with Gasteiger partial charge in [0.2, 0.25) is 0 Å². The van der Waals surface area contributed by atoms with Gasteiger partial charge in [-0.05, 0) is 42.2 Å². The van der Waals surface area contributed by atoms with E-state index in [1.54, 1.807) is 29.3 Å². The summed E-state index contributed by atoms with van der Waals surface area (Å²) in [4.78, 5) is 38.2. The van der Waals surface area contributed by atoms with E-state index < -0.39 is 5.97 Å². The minimum Gasteiger partial charge on any atom is -0.462 e. The van der Waals surface area contributed by atoms with Crippen LogP contribution in [0.1, 0.15) is 173 Å². The molecule has 224 valence electrons. The van der Waals surface area contributed by atoms with Gasteiger partial charge >= 0.3 is 5.97 Å². The van der Waals surface area contributed by atoms with E-state index in [-0.39, 0.29) is 17.1 Å². The van der Waals surface area contributed by atoms with Crippen molar-refractivity contribution in [2.75, 3.05) is 12.4 Å². The molecule has 0 saturated heterocycles. The smallest absolute Gasteiger partial charge is 0.338 e. The van der Waals surface area contributed by atoms with Crippen molar-refractivity contribution in [3.63, 3.8) is 0 Å². The fraction of sp³-hybridized carbons (Fsp3) is 0.686. The van der Waals surface area contributed by atoms with Gasteiger partial charge in [0, 0.05) is 11.1 Å². The largest absolute Gasteiger partial charge is 0.462 e. The monoisotopic (exact) mass is 570 g/mol. The molecule has 40 heavy (non-hydrogen) atoms. The Morgan fingerprint density at radius 1 is 0.650 bits per heavy atom. The number of ketones is 2. The third-order valence-electron chi connectivity index (χ3n) is 7.78. The second kappa shape index (κ2) is 21.8. The molecule has 0 radical (unpaired) electrons. The van der Waals surface area contributed by atoms with Gasteiger partial charge in [-0.2, -0.15) is 0 Å². The van der Waals surface area contributed by atoms with Crippen molar-refractivity contribution >= 4 is 29.3 Å². The molecule has 2 rings (SSSR count). The number of benzene rings is 1. The summed E-state index contributed by atoms with van der Waals surface area (Å²) in [5, 5.41) is 1.72. The molecule has 4 nitrogen and oxygen atoms in total. The molecule has 0 unspecified atom stereocenters. The average Bonchev–Trinajstić information content (AvgIpc) is 3.20. The van der Waals surface area contributed by atoms with Crippen molar-refractivity contribution in [2.45, 2.75) is 142 Å². The van der Waals surface area contributed by atoms with Crippen LogP contribution in [0.25, 0.3) is 0 Å². The molecule has 0 atom stereocenters. The molecule has 1 aromatic rings. The van der Waals surface area contributed by atoms with E-state index in [4.69, 9.17) is 4.74 Å². The first-order chi connectivity index (χ1) is 19.6. The molecule has 0 saturated carbocycles. The van der Waals surface area contributed by atoms with Gasteiger partial charge in [0.25, 0.3) is 0 Å². The summed E-state index contributed by atoms with van der Waals surface area (Å²) < 4.78 is 5.44. The SMILES string of the molecule is CCCCCCCCCCCCOC(=O)c1ccc2c(c1)C(=O)/C(=C\SCCCCCCCCCCCC)C2=O. The Morgan fingerprint density at radius 3 is 1.68 bits per heavy atom. The van der Waals surface area contributed by atoms with E-state index in [1.807, 2.05) is 0 Å². The standard InChI is InChI=1S/C35H54O4S/c1-3-5-7-9-11-13-15-17-19-21-25-39-35(38)29-23-24-30-31(27-29)34(37)32(33(30)36)28-40-26-22-20-18-16-14-12-10-8-6-4-2/h23-24,27-28H,3-22,25-26H2,1-2H3/b32-28-. The number of Topliss-reactive ketones (excluding diaryl/α,β-unsaturated/α-hetero) is 2. The number of unbranched alkanes of at least 4 members (excludes halogenated alkanes) is 18. The van der Waals surface area contributed by atoms with Gasteiger partial charge in [0.05, 0.1) is 17.7 Å². The predicted molar refractivity (Wildman–Crippen MR) is 170 cm³/mol. The van der Waals surface area contributed by atoms with E-state index in [0.29, 0.717) is 23.3 Å². The predicted octanol–water partition coefficient (Wildman–Crippen LogP) is 10.7. The quantitative estimate of drug-likeness (QED) is 0.0535. The lowest BCUT2D eigenvalue weighted by Gasteiger charge is -2.06. The number of carbonyl (C=O) groups is 3. The topological polar surface area (TPSA) is 60.4 Å². The number of rotatable bonds is 24. The first-order valence-electron chi connectivity index (χ1n) is 16.3. The number of hydrogen-bond acceptors (Lipinski definition) is 5. The van der Waals surface area contributed by atoms with Crippen LogP contribution in [0.15, 0.2) is 29.2 Å². The molecule has 1 aromatic carbocycles. The minimum atomic E-state index is -0.424. The van der Waals surface area contributed by atoms with E-state index in [2.05, 4.69) is 13.8 Å². The van der Waals surface area contributed by atoms with Crippen LogP contribution in [0.5, 0.6) is 0 Å². The fourth-order valence-corrected chi connectivity index (χ4v) is 6.08. The van der Waals surface area contributed by atoms with Gasteiger partial charge in [-0.1, -0.05) is 129 Å². The fourth-order valence-electron chi connectivity index (χ4n) is 5.21. The summed E-state index contributed by atoms with van der Waals surface area (Å²) in [6, 6.07) is 4.73. The minimum absolute atomic E-state index is 0.225. The molecule has 0 amide bonds. The maximum Gasteiger partial charge on any atom is 0.338 e. The van der Waals surface area contributed by atoms with Crippen molar-refractivity contribution in [1.82, 2.24) is 0 Å². The number of fused-ring (bicyclic) bond motifs is 1. The molecule has 5 heteroatoms. The van der Waals surface area contributed by atoms with E-state index in [0.717, 1.165) is 25.0 Å². The van der Waals surface area contributed by atoms with Gasteiger partial charge in [0.15, 0.2) is 11.6 Å².